The van der Waals surface area contributed by atoms with Gasteiger partial charge in [-0.1, -0.05) is 53.7 Å². The number of hydrogen-bond acceptors (Lipinski definition) is 7. The summed E-state index contributed by atoms with van der Waals surface area (Å²) in [6, 6.07) is 16.1. The SMILES string of the molecule is CO[C@H](C)[C@H](NC(=O)OCC1c2ccccc2-c2ccccc21)C(=O)NCc1cc(C(=O)O)no1. The summed E-state index contributed by atoms with van der Waals surface area (Å²) in [6.07, 6.45) is -1.43. The van der Waals surface area contributed by atoms with Gasteiger partial charge in [-0.25, -0.2) is 9.59 Å². The first kappa shape index (κ1) is 24.0. The monoisotopic (exact) mass is 479 g/mol. The van der Waals surface area contributed by atoms with Gasteiger partial charge in [-0.05, 0) is 29.2 Å². The summed E-state index contributed by atoms with van der Waals surface area (Å²) >= 11 is 0. The van der Waals surface area contributed by atoms with Gasteiger partial charge in [-0.2, -0.15) is 0 Å². The van der Waals surface area contributed by atoms with E-state index in [2.05, 4.69) is 15.8 Å². The molecule has 1 aliphatic rings. The Bertz CT molecular complexity index is 1190. The molecule has 0 radical (unpaired) electrons. The van der Waals surface area contributed by atoms with Crippen LogP contribution in [0.1, 0.15) is 40.2 Å². The number of carboxylic acid groups (broad SMARTS) is 1. The molecule has 35 heavy (non-hydrogen) atoms. The molecule has 182 valence electrons. The van der Waals surface area contributed by atoms with Crippen LogP contribution in [0.15, 0.2) is 59.1 Å². The van der Waals surface area contributed by atoms with Gasteiger partial charge in [-0.3, -0.25) is 4.79 Å². The Hall–Kier alpha value is -4.18. The van der Waals surface area contributed by atoms with Crippen LogP contribution in [0.25, 0.3) is 11.1 Å². The van der Waals surface area contributed by atoms with Crippen molar-refractivity contribution in [2.75, 3.05) is 13.7 Å². The van der Waals surface area contributed by atoms with E-state index in [1.54, 1.807) is 6.92 Å². The minimum absolute atomic E-state index is 0.103. The van der Waals surface area contributed by atoms with E-state index in [1.807, 2.05) is 48.5 Å². The van der Waals surface area contributed by atoms with Crippen molar-refractivity contribution in [2.24, 2.45) is 0 Å². The maximum absolute atomic E-state index is 12.7. The highest BCUT2D eigenvalue weighted by Gasteiger charge is 2.31. The maximum Gasteiger partial charge on any atom is 0.407 e. The van der Waals surface area contributed by atoms with E-state index >= 15 is 0 Å². The average molecular weight is 479 g/mol. The highest BCUT2D eigenvalue weighted by molar-refractivity contribution is 5.87. The second kappa shape index (κ2) is 10.4. The van der Waals surface area contributed by atoms with Crippen molar-refractivity contribution in [1.29, 1.82) is 0 Å². The minimum Gasteiger partial charge on any atom is -0.476 e. The molecule has 1 aromatic heterocycles. The highest BCUT2D eigenvalue weighted by Crippen LogP contribution is 2.44. The summed E-state index contributed by atoms with van der Waals surface area (Å²) in [4.78, 5) is 36.3. The smallest absolute Gasteiger partial charge is 0.407 e. The van der Waals surface area contributed by atoms with Gasteiger partial charge in [0, 0.05) is 19.1 Å². The first-order valence-electron chi connectivity index (χ1n) is 11.0. The van der Waals surface area contributed by atoms with Crippen LogP contribution < -0.4 is 10.6 Å². The number of fused-ring (bicyclic) bond motifs is 3. The average Bonchev–Trinajstić information content (AvgIpc) is 3.47. The van der Waals surface area contributed by atoms with Gasteiger partial charge < -0.3 is 29.7 Å². The Labute approximate surface area is 201 Å². The van der Waals surface area contributed by atoms with Gasteiger partial charge in [0.1, 0.15) is 12.6 Å². The van der Waals surface area contributed by atoms with Crippen LogP contribution in [0, 0.1) is 0 Å². The summed E-state index contributed by atoms with van der Waals surface area (Å²) in [7, 11) is 1.42. The van der Waals surface area contributed by atoms with Crippen molar-refractivity contribution in [3.8, 4) is 11.1 Å². The summed E-state index contributed by atoms with van der Waals surface area (Å²) in [5.41, 5.74) is 4.11. The number of aromatic nitrogens is 1. The largest absolute Gasteiger partial charge is 0.476 e. The molecule has 0 unspecified atom stereocenters. The summed E-state index contributed by atoms with van der Waals surface area (Å²) in [5, 5.41) is 17.4. The lowest BCUT2D eigenvalue weighted by Gasteiger charge is -2.23. The topological polar surface area (TPSA) is 140 Å². The molecule has 0 saturated carbocycles. The number of nitrogens with one attached hydrogen (secondary N) is 2. The van der Waals surface area contributed by atoms with Crippen LogP contribution in [0.5, 0.6) is 0 Å². The Morgan fingerprint density at radius 3 is 2.29 bits per heavy atom. The molecule has 1 aliphatic carbocycles. The number of ether oxygens (including phenoxy) is 2. The summed E-state index contributed by atoms with van der Waals surface area (Å²) in [6.45, 7) is 1.62. The lowest BCUT2D eigenvalue weighted by atomic mass is 9.98. The van der Waals surface area contributed by atoms with Gasteiger partial charge in [0.2, 0.25) is 5.91 Å². The zero-order valence-corrected chi connectivity index (χ0v) is 19.2. The number of benzene rings is 2. The number of alkyl carbamates (subject to hydrolysis) is 1. The number of aromatic carboxylic acids is 1. The van der Waals surface area contributed by atoms with E-state index < -0.39 is 30.1 Å². The van der Waals surface area contributed by atoms with Crippen LogP contribution in [0.2, 0.25) is 0 Å². The molecule has 0 fully saturated rings. The Morgan fingerprint density at radius 1 is 1.09 bits per heavy atom. The lowest BCUT2D eigenvalue weighted by molar-refractivity contribution is -0.126. The fraction of sp³-hybridized carbons (Fsp3) is 0.280. The summed E-state index contributed by atoms with van der Waals surface area (Å²) < 4.78 is 15.7. The molecule has 0 spiro atoms. The number of carboxylic acids is 1. The van der Waals surface area contributed by atoms with E-state index in [1.165, 1.54) is 13.2 Å². The standard InChI is InChI=1S/C25H25N3O7/c1-14(33-2)22(23(29)26-12-15-11-21(24(30)31)28-35-15)27-25(32)34-13-20-18-9-5-3-7-16(18)17-8-4-6-10-19(17)20/h3-11,14,20,22H,12-13H2,1-2H3,(H,26,29)(H,27,32)(H,30,31)/t14-,22+/m1/s1. The fourth-order valence-corrected chi connectivity index (χ4v) is 4.08. The van der Waals surface area contributed by atoms with Crippen LogP contribution in [-0.4, -0.2) is 54.1 Å². The Kier molecular flexibility index (Phi) is 7.11. The van der Waals surface area contributed by atoms with Gasteiger partial charge in [0.05, 0.1) is 12.6 Å². The van der Waals surface area contributed by atoms with Crippen LogP contribution >= 0.6 is 0 Å². The molecular weight excluding hydrogens is 454 g/mol. The fourth-order valence-electron chi connectivity index (χ4n) is 4.08. The predicted molar refractivity (Wildman–Crippen MR) is 124 cm³/mol. The molecule has 4 rings (SSSR count). The van der Waals surface area contributed by atoms with Crippen molar-refractivity contribution in [1.82, 2.24) is 15.8 Å². The van der Waals surface area contributed by atoms with E-state index in [0.29, 0.717) is 0 Å². The summed E-state index contributed by atoms with van der Waals surface area (Å²) in [5.74, 6) is -1.76. The Balaban J connectivity index is 1.38. The Morgan fingerprint density at radius 2 is 1.71 bits per heavy atom. The molecule has 2 atom stereocenters. The van der Waals surface area contributed by atoms with Crippen LogP contribution in [0.4, 0.5) is 4.79 Å². The first-order valence-corrected chi connectivity index (χ1v) is 11.0. The van der Waals surface area contributed by atoms with Crippen molar-refractivity contribution in [3.63, 3.8) is 0 Å². The number of methoxy groups -OCH3 is 1. The third-order valence-electron chi connectivity index (χ3n) is 5.96. The third kappa shape index (κ3) is 5.17. The van der Waals surface area contributed by atoms with Gasteiger partial charge >= 0.3 is 12.1 Å². The molecular formula is C25H25N3O7. The van der Waals surface area contributed by atoms with Gasteiger partial charge in [-0.15, -0.1) is 0 Å². The normalized spacial score (nSPS) is 13.9. The molecule has 0 bridgehead atoms. The molecule has 2 amide bonds. The molecule has 3 N–H and O–H groups in total. The van der Waals surface area contributed by atoms with Crippen molar-refractivity contribution in [3.05, 3.63) is 77.2 Å². The second-order valence-electron chi connectivity index (χ2n) is 8.09. The zero-order valence-electron chi connectivity index (χ0n) is 19.2. The van der Waals surface area contributed by atoms with Gasteiger partial charge in [0.15, 0.2) is 11.5 Å². The molecule has 0 aliphatic heterocycles. The van der Waals surface area contributed by atoms with Crippen LogP contribution in [-0.2, 0) is 20.8 Å². The van der Waals surface area contributed by atoms with E-state index in [4.69, 9.17) is 19.1 Å². The highest BCUT2D eigenvalue weighted by atomic mass is 16.5. The van der Waals surface area contributed by atoms with Crippen LogP contribution in [0.3, 0.4) is 0 Å². The molecule has 2 aromatic carbocycles. The second-order valence-corrected chi connectivity index (χ2v) is 8.09. The number of rotatable bonds is 9. The number of carbonyl (C=O) groups excluding carboxylic acids is 2. The lowest BCUT2D eigenvalue weighted by Crippen LogP contribution is -2.53. The van der Waals surface area contributed by atoms with E-state index in [0.717, 1.165) is 22.3 Å². The molecule has 10 heteroatoms. The van der Waals surface area contributed by atoms with Crippen molar-refractivity contribution >= 4 is 18.0 Å². The van der Waals surface area contributed by atoms with E-state index in [-0.39, 0.29) is 30.5 Å². The van der Waals surface area contributed by atoms with Crippen molar-refractivity contribution < 1.29 is 33.5 Å². The minimum atomic E-state index is -1.24. The molecule has 3 aromatic rings. The van der Waals surface area contributed by atoms with Crippen molar-refractivity contribution in [2.45, 2.75) is 31.5 Å². The van der Waals surface area contributed by atoms with E-state index in [9.17, 15) is 14.4 Å². The predicted octanol–water partition coefficient (Wildman–Crippen LogP) is 2.93. The van der Waals surface area contributed by atoms with Gasteiger partial charge in [0.25, 0.3) is 0 Å². The third-order valence-corrected chi connectivity index (χ3v) is 5.96. The molecule has 10 nitrogen and oxygen atoms in total. The number of hydrogen-bond donors (Lipinski definition) is 3. The molecule has 1 heterocycles. The number of nitrogens with zero attached hydrogens (tertiary/aromatic N) is 1. The zero-order chi connectivity index (χ0) is 24.9. The number of amides is 2. The maximum atomic E-state index is 12.7. The number of carbonyl (C=O) groups is 3. The first-order chi connectivity index (χ1) is 16.9. The molecule has 0 saturated heterocycles. The quantitative estimate of drug-likeness (QED) is 0.426.